The monoisotopic (exact) mass is 402 g/mol. The summed E-state index contributed by atoms with van der Waals surface area (Å²) in [5.74, 6) is 0. The third kappa shape index (κ3) is 4.87. The number of aromatic amines is 1. The van der Waals surface area contributed by atoms with Gasteiger partial charge in [0, 0.05) is 12.7 Å². The molecular formula is C10H16IN2O5P. The number of H-pyrrole nitrogens is 1. The van der Waals surface area contributed by atoms with E-state index in [1.165, 1.54) is 10.8 Å². The van der Waals surface area contributed by atoms with Gasteiger partial charge in [0.15, 0.2) is 0 Å². The molecule has 0 amide bonds. The molecule has 1 rings (SSSR count). The van der Waals surface area contributed by atoms with Crippen molar-refractivity contribution in [1.29, 1.82) is 0 Å². The van der Waals surface area contributed by atoms with Gasteiger partial charge in [0.25, 0.3) is 5.56 Å². The highest BCUT2D eigenvalue weighted by Gasteiger charge is 2.23. The van der Waals surface area contributed by atoms with Crippen LogP contribution in [0.1, 0.15) is 13.8 Å². The summed E-state index contributed by atoms with van der Waals surface area (Å²) >= 11 is 1.83. The summed E-state index contributed by atoms with van der Waals surface area (Å²) in [6.45, 7) is 4.15. The van der Waals surface area contributed by atoms with Crippen LogP contribution in [0.3, 0.4) is 0 Å². The van der Waals surface area contributed by atoms with Crippen molar-refractivity contribution in [2.24, 2.45) is 0 Å². The molecule has 0 unspecified atom stereocenters. The van der Waals surface area contributed by atoms with Crippen LogP contribution < -0.4 is 11.2 Å². The van der Waals surface area contributed by atoms with Crippen molar-refractivity contribution in [3.8, 4) is 0 Å². The second-order valence-corrected chi connectivity index (χ2v) is 6.95. The van der Waals surface area contributed by atoms with Gasteiger partial charge in [-0.05, 0) is 36.4 Å². The van der Waals surface area contributed by atoms with Crippen molar-refractivity contribution in [2.45, 2.75) is 20.4 Å². The molecule has 0 aromatic carbocycles. The predicted molar refractivity (Wildman–Crippen MR) is 79.8 cm³/mol. The molecule has 9 heteroatoms. The maximum absolute atomic E-state index is 12.2. The highest BCUT2D eigenvalue weighted by atomic mass is 127. The van der Waals surface area contributed by atoms with Crippen molar-refractivity contribution in [2.75, 3.05) is 19.4 Å². The summed E-state index contributed by atoms with van der Waals surface area (Å²) < 4.78 is 24.1. The quantitative estimate of drug-likeness (QED) is 0.550. The fourth-order valence-corrected chi connectivity index (χ4v) is 3.49. The number of aromatic nitrogens is 2. The Bertz CT molecular complexity index is 572. The van der Waals surface area contributed by atoms with E-state index < -0.39 is 18.8 Å². The fourth-order valence-electron chi connectivity index (χ4n) is 1.44. The molecule has 0 atom stereocenters. The second kappa shape index (κ2) is 7.37. The normalized spacial score (nSPS) is 11.7. The molecule has 0 aliphatic heterocycles. The summed E-state index contributed by atoms with van der Waals surface area (Å²) in [7, 11) is -3.19. The summed E-state index contributed by atoms with van der Waals surface area (Å²) in [5, 5.41) is 0. The Kier molecular flexibility index (Phi) is 6.45. The van der Waals surface area contributed by atoms with Crippen LogP contribution in [0.5, 0.6) is 0 Å². The topological polar surface area (TPSA) is 90.4 Å². The first kappa shape index (κ1) is 16.6. The van der Waals surface area contributed by atoms with Gasteiger partial charge in [-0.15, -0.1) is 0 Å². The maximum Gasteiger partial charge on any atom is 0.332 e. The lowest BCUT2D eigenvalue weighted by Crippen LogP contribution is -2.31. The molecule has 0 bridgehead atoms. The predicted octanol–water partition coefficient (Wildman–Crippen LogP) is 1.41. The lowest BCUT2D eigenvalue weighted by molar-refractivity contribution is 0.219. The van der Waals surface area contributed by atoms with E-state index in [4.69, 9.17) is 9.05 Å². The van der Waals surface area contributed by atoms with Crippen molar-refractivity contribution < 1.29 is 13.6 Å². The van der Waals surface area contributed by atoms with Crippen LogP contribution in [0.4, 0.5) is 0 Å². The van der Waals surface area contributed by atoms with E-state index >= 15 is 0 Å². The van der Waals surface area contributed by atoms with E-state index in [0.717, 1.165) is 0 Å². The zero-order valence-electron chi connectivity index (χ0n) is 10.7. The van der Waals surface area contributed by atoms with Crippen LogP contribution >= 0.6 is 30.2 Å². The van der Waals surface area contributed by atoms with Gasteiger partial charge in [-0.3, -0.25) is 18.9 Å². The molecular weight excluding hydrogens is 386 g/mol. The van der Waals surface area contributed by atoms with Gasteiger partial charge in [-0.2, -0.15) is 0 Å². The fraction of sp³-hybridized carbons (Fsp3) is 0.600. The molecule has 1 aromatic rings. The van der Waals surface area contributed by atoms with Crippen LogP contribution in [0.2, 0.25) is 0 Å². The molecule has 1 heterocycles. The number of hydrogen-bond acceptors (Lipinski definition) is 5. The standard InChI is InChI=1S/C10H16IN2O5P/c1-3-17-19(16,18-4-2)6-5-13-7-8(11)9(14)12-10(13)15/h7H,3-6H2,1-2H3,(H,12,14,15). The highest BCUT2D eigenvalue weighted by Crippen LogP contribution is 2.47. The Labute approximate surface area is 124 Å². The number of hydrogen-bond donors (Lipinski definition) is 1. The highest BCUT2D eigenvalue weighted by molar-refractivity contribution is 14.1. The summed E-state index contributed by atoms with van der Waals surface area (Å²) in [6, 6.07) is 0. The van der Waals surface area contributed by atoms with Gasteiger partial charge in [0.2, 0.25) is 0 Å². The molecule has 1 aromatic heterocycles. The van der Waals surface area contributed by atoms with Gasteiger partial charge in [0.05, 0.1) is 22.9 Å². The molecule has 7 nitrogen and oxygen atoms in total. The van der Waals surface area contributed by atoms with Crippen LogP contribution in [-0.2, 0) is 20.2 Å². The minimum atomic E-state index is -3.19. The molecule has 1 N–H and O–H groups in total. The summed E-state index contributed by atoms with van der Waals surface area (Å²) in [5.41, 5.74) is -0.968. The van der Waals surface area contributed by atoms with E-state index in [1.54, 1.807) is 13.8 Å². The average Bonchev–Trinajstić information content (AvgIpc) is 2.33. The van der Waals surface area contributed by atoms with E-state index in [9.17, 15) is 14.2 Å². The Morgan fingerprint density at radius 1 is 1.32 bits per heavy atom. The van der Waals surface area contributed by atoms with E-state index in [0.29, 0.717) is 3.57 Å². The minimum absolute atomic E-state index is 0.0801. The van der Waals surface area contributed by atoms with Crippen molar-refractivity contribution >= 4 is 30.2 Å². The molecule has 0 aliphatic carbocycles. The van der Waals surface area contributed by atoms with Crippen LogP contribution in [0.15, 0.2) is 15.8 Å². The SMILES string of the molecule is CCOP(=O)(CCn1cc(I)c(=O)[nH]c1=O)OCC. The maximum atomic E-state index is 12.2. The van der Waals surface area contributed by atoms with Gasteiger partial charge in [-0.25, -0.2) is 4.79 Å². The molecule has 0 saturated heterocycles. The van der Waals surface area contributed by atoms with Crippen molar-refractivity contribution in [3.05, 3.63) is 30.6 Å². The van der Waals surface area contributed by atoms with Crippen molar-refractivity contribution in [3.63, 3.8) is 0 Å². The molecule has 19 heavy (non-hydrogen) atoms. The third-order valence-corrected chi connectivity index (χ3v) is 5.05. The molecule has 0 fully saturated rings. The van der Waals surface area contributed by atoms with Crippen LogP contribution in [0, 0.1) is 3.57 Å². The molecule has 0 aliphatic rings. The number of nitrogens with zero attached hydrogens (tertiary/aromatic N) is 1. The van der Waals surface area contributed by atoms with Gasteiger partial charge >= 0.3 is 13.3 Å². The number of halogens is 1. The zero-order chi connectivity index (χ0) is 14.5. The van der Waals surface area contributed by atoms with Crippen LogP contribution in [0.25, 0.3) is 0 Å². The van der Waals surface area contributed by atoms with Gasteiger partial charge < -0.3 is 9.05 Å². The van der Waals surface area contributed by atoms with E-state index in [2.05, 4.69) is 4.98 Å². The summed E-state index contributed by atoms with van der Waals surface area (Å²) in [4.78, 5) is 25.0. The minimum Gasteiger partial charge on any atom is -0.309 e. The number of aryl methyl sites for hydroxylation is 1. The molecule has 108 valence electrons. The zero-order valence-corrected chi connectivity index (χ0v) is 13.8. The van der Waals surface area contributed by atoms with Crippen LogP contribution in [-0.4, -0.2) is 28.9 Å². The number of rotatable bonds is 7. The Balaban J connectivity index is 2.86. The van der Waals surface area contributed by atoms with Gasteiger partial charge in [0.1, 0.15) is 0 Å². The van der Waals surface area contributed by atoms with E-state index in [1.807, 2.05) is 22.6 Å². The Morgan fingerprint density at radius 3 is 2.42 bits per heavy atom. The smallest absolute Gasteiger partial charge is 0.309 e. The molecule has 0 saturated carbocycles. The van der Waals surface area contributed by atoms with Gasteiger partial charge in [-0.1, -0.05) is 0 Å². The molecule has 0 radical (unpaired) electrons. The Morgan fingerprint density at radius 2 is 1.89 bits per heavy atom. The second-order valence-electron chi connectivity index (χ2n) is 3.60. The number of nitrogens with one attached hydrogen (secondary N) is 1. The average molecular weight is 402 g/mol. The van der Waals surface area contributed by atoms with Crippen molar-refractivity contribution in [1.82, 2.24) is 9.55 Å². The largest absolute Gasteiger partial charge is 0.332 e. The Hall–Kier alpha value is -0.440. The summed E-state index contributed by atoms with van der Waals surface area (Å²) in [6.07, 6.45) is 1.50. The van der Waals surface area contributed by atoms with E-state index in [-0.39, 0.29) is 25.9 Å². The lowest BCUT2D eigenvalue weighted by Gasteiger charge is -2.17. The first-order valence-corrected chi connectivity index (χ1v) is 8.60. The lowest BCUT2D eigenvalue weighted by atomic mass is 10.6. The third-order valence-electron chi connectivity index (χ3n) is 2.23. The molecule has 0 spiro atoms. The first-order valence-electron chi connectivity index (χ1n) is 5.79. The first-order chi connectivity index (χ1) is 8.91.